The van der Waals surface area contributed by atoms with Crippen LogP contribution < -0.4 is 0 Å². The van der Waals surface area contributed by atoms with Crippen LogP contribution in [0.1, 0.15) is 32.1 Å². The highest BCUT2D eigenvalue weighted by Crippen LogP contribution is 2.42. The SMILES string of the molecule is CN(C)C[C@@H](O)CC1(C(=O)O)CCCC1. The van der Waals surface area contributed by atoms with Crippen LogP contribution in [0.25, 0.3) is 0 Å². The van der Waals surface area contributed by atoms with Gasteiger partial charge in [-0.2, -0.15) is 0 Å². The highest BCUT2D eigenvalue weighted by molar-refractivity contribution is 5.75. The van der Waals surface area contributed by atoms with Crippen molar-refractivity contribution in [3.05, 3.63) is 0 Å². The van der Waals surface area contributed by atoms with E-state index in [0.29, 0.717) is 25.8 Å². The summed E-state index contributed by atoms with van der Waals surface area (Å²) in [5, 5.41) is 19.0. The van der Waals surface area contributed by atoms with E-state index in [1.165, 1.54) is 0 Å². The van der Waals surface area contributed by atoms with E-state index in [4.69, 9.17) is 0 Å². The lowest BCUT2D eigenvalue weighted by atomic mass is 9.80. The Kier molecular flexibility index (Phi) is 4.11. The third-order valence-corrected chi connectivity index (χ3v) is 3.22. The smallest absolute Gasteiger partial charge is 0.309 e. The van der Waals surface area contributed by atoms with Crippen LogP contribution in [0.15, 0.2) is 0 Å². The van der Waals surface area contributed by atoms with Gasteiger partial charge in [0.15, 0.2) is 0 Å². The Labute approximate surface area is 90.9 Å². The maximum atomic E-state index is 11.2. The molecule has 0 bridgehead atoms. The Balaban J connectivity index is 2.55. The van der Waals surface area contributed by atoms with Gasteiger partial charge in [0.1, 0.15) is 0 Å². The third kappa shape index (κ3) is 3.18. The lowest BCUT2D eigenvalue weighted by Gasteiger charge is -2.27. The molecule has 2 N–H and O–H groups in total. The van der Waals surface area contributed by atoms with Gasteiger partial charge in [0.25, 0.3) is 0 Å². The molecule has 0 aromatic carbocycles. The van der Waals surface area contributed by atoms with Gasteiger partial charge < -0.3 is 15.1 Å². The number of carboxylic acids is 1. The standard InChI is InChI=1S/C11H21NO3/c1-12(2)8-9(13)7-11(10(14)15)5-3-4-6-11/h9,13H,3-8H2,1-2H3,(H,14,15)/t9-/m0/s1. The Morgan fingerprint density at radius 3 is 2.33 bits per heavy atom. The van der Waals surface area contributed by atoms with Crippen molar-refractivity contribution in [3.63, 3.8) is 0 Å². The van der Waals surface area contributed by atoms with Crippen LogP contribution >= 0.6 is 0 Å². The van der Waals surface area contributed by atoms with Crippen LogP contribution in [0, 0.1) is 5.41 Å². The minimum Gasteiger partial charge on any atom is -0.481 e. The normalized spacial score (nSPS) is 21.9. The predicted molar refractivity (Wildman–Crippen MR) is 57.7 cm³/mol. The van der Waals surface area contributed by atoms with E-state index in [-0.39, 0.29) is 0 Å². The van der Waals surface area contributed by atoms with E-state index in [2.05, 4.69) is 0 Å². The van der Waals surface area contributed by atoms with E-state index in [9.17, 15) is 15.0 Å². The van der Waals surface area contributed by atoms with Gasteiger partial charge in [-0.05, 0) is 33.4 Å². The Hall–Kier alpha value is -0.610. The number of carboxylic acid groups (broad SMARTS) is 1. The highest BCUT2D eigenvalue weighted by atomic mass is 16.4. The van der Waals surface area contributed by atoms with E-state index in [1.807, 2.05) is 19.0 Å². The number of aliphatic hydroxyl groups is 1. The first kappa shape index (κ1) is 12.5. The number of hydrogen-bond acceptors (Lipinski definition) is 3. The molecule has 1 aliphatic rings. The fourth-order valence-corrected chi connectivity index (χ4v) is 2.49. The van der Waals surface area contributed by atoms with E-state index in [0.717, 1.165) is 12.8 Å². The second-order valence-electron chi connectivity index (χ2n) is 4.91. The molecule has 0 radical (unpaired) electrons. The molecule has 1 atom stereocenters. The lowest BCUT2D eigenvalue weighted by Crippen LogP contribution is -2.36. The second kappa shape index (κ2) is 4.94. The van der Waals surface area contributed by atoms with Crippen molar-refractivity contribution >= 4 is 5.97 Å². The molecule has 0 saturated heterocycles. The monoisotopic (exact) mass is 215 g/mol. The summed E-state index contributed by atoms with van der Waals surface area (Å²) >= 11 is 0. The van der Waals surface area contributed by atoms with Crippen LogP contribution in [0.5, 0.6) is 0 Å². The number of carbonyl (C=O) groups is 1. The molecule has 0 heterocycles. The number of hydrogen-bond donors (Lipinski definition) is 2. The Morgan fingerprint density at radius 1 is 1.40 bits per heavy atom. The largest absolute Gasteiger partial charge is 0.481 e. The second-order valence-corrected chi connectivity index (χ2v) is 4.91. The minimum absolute atomic E-state index is 0.389. The maximum Gasteiger partial charge on any atom is 0.309 e. The van der Waals surface area contributed by atoms with Crippen molar-refractivity contribution in [2.75, 3.05) is 20.6 Å². The maximum absolute atomic E-state index is 11.2. The van der Waals surface area contributed by atoms with Crippen molar-refractivity contribution < 1.29 is 15.0 Å². The quantitative estimate of drug-likeness (QED) is 0.716. The Bertz CT molecular complexity index is 222. The van der Waals surface area contributed by atoms with Crippen LogP contribution in [0.4, 0.5) is 0 Å². The zero-order valence-electron chi connectivity index (χ0n) is 9.57. The average Bonchev–Trinajstić information content (AvgIpc) is 2.52. The summed E-state index contributed by atoms with van der Waals surface area (Å²) in [5.74, 6) is -0.738. The van der Waals surface area contributed by atoms with E-state index >= 15 is 0 Å². The summed E-state index contributed by atoms with van der Waals surface area (Å²) in [4.78, 5) is 13.1. The fraction of sp³-hybridized carbons (Fsp3) is 0.909. The van der Waals surface area contributed by atoms with Crippen LogP contribution in [0.2, 0.25) is 0 Å². The first-order valence-electron chi connectivity index (χ1n) is 5.52. The van der Waals surface area contributed by atoms with Crippen LogP contribution in [-0.4, -0.2) is 47.8 Å². The summed E-state index contributed by atoms with van der Waals surface area (Å²) in [6, 6.07) is 0. The molecule has 1 aliphatic carbocycles. The molecule has 0 aliphatic heterocycles. The van der Waals surface area contributed by atoms with Gasteiger partial charge >= 0.3 is 5.97 Å². The summed E-state index contributed by atoms with van der Waals surface area (Å²) in [6.07, 6.45) is 3.23. The van der Waals surface area contributed by atoms with Gasteiger partial charge in [-0.15, -0.1) is 0 Å². The van der Waals surface area contributed by atoms with Gasteiger partial charge in [-0.1, -0.05) is 12.8 Å². The fourth-order valence-electron chi connectivity index (χ4n) is 2.49. The molecule has 1 fully saturated rings. The molecule has 4 nitrogen and oxygen atoms in total. The minimum atomic E-state index is -0.738. The molecular formula is C11H21NO3. The van der Waals surface area contributed by atoms with Crippen molar-refractivity contribution in [1.29, 1.82) is 0 Å². The summed E-state index contributed by atoms with van der Waals surface area (Å²) < 4.78 is 0. The number of aliphatic carboxylic acids is 1. The summed E-state index contributed by atoms with van der Waals surface area (Å²) in [6.45, 7) is 0.537. The number of likely N-dealkylation sites (N-methyl/N-ethyl adjacent to an activating group) is 1. The predicted octanol–water partition coefficient (Wildman–Crippen LogP) is 0.944. The van der Waals surface area contributed by atoms with Gasteiger partial charge in [-0.3, -0.25) is 4.79 Å². The van der Waals surface area contributed by atoms with Gasteiger partial charge in [0.05, 0.1) is 11.5 Å². The molecule has 0 spiro atoms. The molecule has 0 aromatic heterocycles. The Morgan fingerprint density at radius 2 is 1.93 bits per heavy atom. The first-order chi connectivity index (χ1) is 6.96. The molecule has 1 rings (SSSR count). The number of rotatable bonds is 5. The van der Waals surface area contributed by atoms with E-state index < -0.39 is 17.5 Å². The van der Waals surface area contributed by atoms with Crippen LogP contribution in [-0.2, 0) is 4.79 Å². The summed E-state index contributed by atoms with van der Waals surface area (Å²) in [5.41, 5.74) is -0.657. The lowest BCUT2D eigenvalue weighted by molar-refractivity contribution is -0.150. The topological polar surface area (TPSA) is 60.8 Å². The van der Waals surface area contributed by atoms with Gasteiger partial charge in [0.2, 0.25) is 0 Å². The number of aliphatic hydroxyl groups excluding tert-OH is 1. The zero-order chi connectivity index (χ0) is 11.5. The van der Waals surface area contributed by atoms with Crippen molar-refractivity contribution in [3.8, 4) is 0 Å². The first-order valence-corrected chi connectivity index (χ1v) is 5.52. The molecule has 0 aromatic rings. The average molecular weight is 215 g/mol. The van der Waals surface area contributed by atoms with Gasteiger partial charge in [0, 0.05) is 6.54 Å². The molecular weight excluding hydrogens is 194 g/mol. The molecule has 0 amide bonds. The molecule has 15 heavy (non-hydrogen) atoms. The highest BCUT2D eigenvalue weighted by Gasteiger charge is 2.42. The van der Waals surface area contributed by atoms with Crippen molar-refractivity contribution in [1.82, 2.24) is 4.90 Å². The van der Waals surface area contributed by atoms with Crippen molar-refractivity contribution in [2.24, 2.45) is 5.41 Å². The molecule has 0 unspecified atom stereocenters. The molecule has 4 heteroatoms. The molecule has 88 valence electrons. The summed E-state index contributed by atoms with van der Waals surface area (Å²) in [7, 11) is 3.76. The van der Waals surface area contributed by atoms with Crippen LogP contribution in [0.3, 0.4) is 0 Å². The molecule has 1 saturated carbocycles. The van der Waals surface area contributed by atoms with Crippen molar-refractivity contribution in [2.45, 2.75) is 38.2 Å². The van der Waals surface area contributed by atoms with E-state index in [1.54, 1.807) is 0 Å². The van der Waals surface area contributed by atoms with Gasteiger partial charge in [-0.25, -0.2) is 0 Å². The zero-order valence-corrected chi connectivity index (χ0v) is 9.57. The third-order valence-electron chi connectivity index (χ3n) is 3.22. The number of nitrogens with zero attached hydrogens (tertiary/aromatic N) is 1.